The van der Waals surface area contributed by atoms with Crippen molar-refractivity contribution >= 4 is 15.9 Å². The molecule has 3 aliphatic heterocycles. The minimum atomic E-state index is -3.46. The smallest absolute Gasteiger partial charge is 0.285 e. The molecule has 1 aromatic rings. The number of hydrogen-bond donors (Lipinski definition) is 0. The largest absolute Gasteiger partial charge is 0.349 e. The third-order valence-corrected chi connectivity index (χ3v) is 5.64. The average Bonchev–Trinajstić information content (AvgIpc) is 3.02. The van der Waals surface area contributed by atoms with Crippen LogP contribution in [-0.2, 0) is 10.0 Å². The van der Waals surface area contributed by atoms with Gasteiger partial charge in [0.2, 0.25) is 0 Å². The molecule has 4 rings (SSSR count). The van der Waals surface area contributed by atoms with E-state index in [9.17, 15) is 8.42 Å². The minimum absolute atomic E-state index is 0.367. The summed E-state index contributed by atoms with van der Waals surface area (Å²) in [6, 6.07) is 8.15. The Labute approximate surface area is 106 Å². The van der Waals surface area contributed by atoms with E-state index in [0.717, 1.165) is 5.56 Å². The molecule has 3 heterocycles. The fraction of sp³-hybridized carbons (Fsp3) is 0.462. The predicted molar refractivity (Wildman–Crippen MR) is 68.0 cm³/mol. The maximum absolute atomic E-state index is 12.0. The Morgan fingerprint density at radius 1 is 1.06 bits per heavy atom. The van der Waals surface area contributed by atoms with Crippen LogP contribution in [0.1, 0.15) is 31.2 Å². The number of sulfonamides is 1. The molecule has 2 saturated heterocycles. The monoisotopic (exact) mass is 262 g/mol. The van der Waals surface area contributed by atoms with Crippen molar-refractivity contribution in [2.45, 2.75) is 42.7 Å². The van der Waals surface area contributed by atoms with Gasteiger partial charge in [0.15, 0.2) is 5.84 Å². The van der Waals surface area contributed by atoms with Crippen LogP contribution >= 0.6 is 0 Å². The highest BCUT2D eigenvalue weighted by Crippen LogP contribution is 2.41. The van der Waals surface area contributed by atoms with Crippen LogP contribution in [0.3, 0.4) is 0 Å². The number of fused-ring (bicyclic) bond motifs is 3. The molecule has 5 heteroatoms. The molecule has 0 atom stereocenters. The van der Waals surface area contributed by atoms with Crippen molar-refractivity contribution in [1.29, 1.82) is 0 Å². The van der Waals surface area contributed by atoms with Crippen LogP contribution in [-0.4, -0.2) is 31.2 Å². The van der Waals surface area contributed by atoms with E-state index in [0.29, 0.717) is 22.8 Å². The van der Waals surface area contributed by atoms with Gasteiger partial charge in [0.05, 0.1) is 0 Å². The molecule has 0 aromatic heterocycles. The summed E-state index contributed by atoms with van der Waals surface area (Å²) in [5, 5.41) is 0. The highest BCUT2D eigenvalue weighted by molar-refractivity contribution is 7.90. The second-order valence-electron chi connectivity index (χ2n) is 5.26. The second-order valence-corrected chi connectivity index (χ2v) is 6.83. The zero-order valence-electron chi connectivity index (χ0n) is 9.91. The molecule has 0 amide bonds. The molecule has 18 heavy (non-hydrogen) atoms. The van der Waals surface area contributed by atoms with Gasteiger partial charge < -0.3 is 4.90 Å². The number of amidine groups is 1. The maximum Gasteiger partial charge on any atom is 0.285 e. The summed E-state index contributed by atoms with van der Waals surface area (Å²) < 4.78 is 28.1. The predicted octanol–water partition coefficient (Wildman–Crippen LogP) is 1.76. The van der Waals surface area contributed by atoms with Gasteiger partial charge >= 0.3 is 0 Å². The molecule has 0 radical (unpaired) electrons. The zero-order valence-corrected chi connectivity index (χ0v) is 10.7. The van der Waals surface area contributed by atoms with E-state index in [1.807, 2.05) is 12.1 Å². The maximum atomic E-state index is 12.0. The molecule has 1 aromatic carbocycles. The number of nitrogens with zero attached hydrogens (tertiary/aromatic N) is 2. The number of benzene rings is 1. The van der Waals surface area contributed by atoms with Crippen molar-refractivity contribution in [2.75, 3.05) is 0 Å². The van der Waals surface area contributed by atoms with E-state index in [-0.39, 0.29) is 0 Å². The molecular weight excluding hydrogens is 248 g/mol. The molecule has 0 aliphatic carbocycles. The first kappa shape index (κ1) is 10.6. The van der Waals surface area contributed by atoms with Gasteiger partial charge in [-0.15, -0.1) is 4.40 Å². The van der Waals surface area contributed by atoms with Gasteiger partial charge in [0, 0.05) is 17.6 Å². The van der Waals surface area contributed by atoms with Crippen LogP contribution in [0.25, 0.3) is 0 Å². The highest BCUT2D eigenvalue weighted by atomic mass is 32.2. The molecule has 0 N–H and O–H groups in total. The average molecular weight is 262 g/mol. The van der Waals surface area contributed by atoms with E-state index in [1.54, 1.807) is 12.1 Å². The lowest BCUT2D eigenvalue weighted by Gasteiger charge is -2.23. The lowest BCUT2D eigenvalue weighted by atomic mass is 10.0. The van der Waals surface area contributed by atoms with Crippen molar-refractivity contribution in [1.82, 2.24) is 4.90 Å². The van der Waals surface area contributed by atoms with E-state index in [1.165, 1.54) is 25.7 Å². The zero-order chi connectivity index (χ0) is 12.3. The van der Waals surface area contributed by atoms with Crippen LogP contribution < -0.4 is 0 Å². The molecule has 4 nitrogen and oxygen atoms in total. The Balaban J connectivity index is 1.88. The second kappa shape index (κ2) is 3.35. The Morgan fingerprint density at radius 3 is 2.33 bits per heavy atom. The number of rotatable bonds is 0. The van der Waals surface area contributed by atoms with Crippen molar-refractivity contribution in [3.8, 4) is 0 Å². The molecule has 0 saturated carbocycles. The molecule has 2 bridgehead atoms. The Bertz CT molecular complexity index is 631. The lowest BCUT2D eigenvalue weighted by molar-refractivity contribution is 0.401. The van der Waals surface area contributed by atoms with Gasteiger partial charge in [-0.2, -0.15) is 8.42 Å². The van der Waals surface area contributed by atoms with E-state index in [4.69, 9.17) is 0 Å². The van der Waals surface area contributed by atoms with Crippen LogP contribution in [0.4, 0.5) is 0 Å². The summed E-state index contributed by atoms with van der Waals surface area (Å²) >= 11 is 0. The van der Waals surface area contributed by atoms with Gasteiger partial charge in [0.1, 0.15) is 4.90 Å². The van der Waals surface area contributed by atoms with Gasteiger partial charge in [0.25, 0.3) is 10.0 Å². The van der Waals surface area contributed by atoms with Crippen LogP contribution in [0, 0.1) is 0 Å². The Kier molecular flexibility index (Phi) is 1.96. The molecule has 0 spiro atoms. The van der Waals surface area contributed by atoms with Crippen molar-refractivity contribution in [3.63, 3.8) is 0 Å². The topological polar surface area (TPSA) is 49.7 Å². The van der Waals surface area contributed by atoms with Crippen molar-refractivity contribution in [3.05, 3.63) is 29.8 Å². The summed E-state index contributed by atoms with van der Waals surface area (Å²) in [4.78, 5) is 2.62. The third kappa shape index (κ3) is 1.25. The molecular formula is C13H14N2O2S. The Morgan fingerprint density at radius 2 is 1.67 bits per heavy atom. The molecule has 94 valence electrons. The molecule has 2 fully saturated rings. The van der Waals surface area contributed by atoms with Crippen LogP contribution in [0.15, 0.2) is 33.6 Å². The van der Waals surface area contributed by atoms with Crippen LogP contribution in [0.5, 0.6) is 0 Å². The van der Waals surface area contributed by atoms with Gasteiger partial charge in [-0.3, -0.25) is 0 Å². The van der Waals surface area contributed by atoms with E-state index < -0.39 is 10.0 Å². The summed E-state index contributed by atoms with van der Waals surface area (Å²) in [6.07, 6.45) is 4.69. The third-order valence-electron chi connectivity index (χ3n) is 4.31. The summed E-state index contributed by atoms with van der Waals surface area (Å²) in [5.74, 6) is 0.690. The first-order chi connectivity index (χ1) is 8.67. The van der Waals surface area contributed by atoms with Gasteiger partial charge in [-0.1, -0.05) is 12.1 Å². The molecule has 3 aliphatic rings. The SMILES string of the molecule is O=S1(=O)N=C(N2C3CCC2CC3)c2ccccc21. The highest BCUT2D eigenvalue weighted by Gasteiger charge is 2.44. The first-order valence-electron chi connectivity index (χ1n) is 6.39. The minimum Gasteiger partial charge on any atom is -0.349 e. The van der Waals surface area contributed by atoms with Gasteiger partial charge in [-0.25, -0.2) is 0 Å². The Hall–Kier alpha value is -1.36. The van der Waals surface area contributed by atoms with E-state index in [2.05, 4.69) is 9.30 Å². The normalized spacial score (nSPS) is 31.6. The fourth-order valence-corrected chi connectivity index (χ4v) is 4.74. The van der Waals surface area contributed by atoms with Crippen molar-refractivity contribution in [2.24, 2.45) is 4.40 Å². The summed E-state index contributed by atoms with van der Waals surface area (Å²) in [6.45, 7) is 0. The van der Waals surface area contributed by atoms with Gasteiger partial charge in [-0.05, 0) is 37.8 Å². The van der Waals surface area contributed by atoms with E-state index >= 15 is 0 Å². The summed E-state index contributed by atoms with van der Waals surface area (Å²) in [7, 11) is -3.46. The lowest BCUT2D eigenvalue weighted by Crippen LogP contribution is -2.35. The standard InChI is InChI=1S/C13H14N2O2S/c16-18(17)12-4-2-1-3-11(12)13(14-18)15-9-5-6-10(15)8-7-9/h1-4,9-10H,5-8H2. The number of hydrogen-bond acceptors (Lipinski definition) is 3. The van der Waals surface area contributed by atoms with Crippen molar-refractivity contribution < 1.29 is 8.42 Å². The summed E-state index contributed by atoms with van der Waals surface area (Å²) in [5.41, 5.74) is 0.788. The first-order valence-corrected chi connectivity index (χ1v) is 7.83. The molecule has 0 unspecified atom stereocenters. The fourth-order valence-electron chi connectivity index (χ4n) is 3.53. The van der Waals surface area contributed by atoms with Crippen LogP contribution in [0.2, 0.25) is 0 Å². The quantitative estimate of drug-likeness (QED) is 0.716.